The molecule has 1 saturated heterocycles. The van der Waals surface area contributed by atoms with Crippen LogP contribution >= 0.6 is 0 Å². The minimum absolute atomic E-state index is 0.110. The quantitative estimate of drug-likeness (QED) is 0.773. The van der Waals surface area contributed by atoms with Gasteiger partial charge >= 0.3 is 0 Å². The molecule has 0 atom stereocenters. The maximum absolute atomic E-state index is 13.4. The lowest BCUT2D eigenvalue weighted by molar-refractivity contribution is -0.125. The summed E-state index contributed by atoms with van der Waals surface area (Å²) in [5, 5.41) is 5.75. The highest BCUT2D eigenvalue weighted by Gasteiger charge is 2.41. The van der Waals surface area contributed by atoms with E-state index in [1.54, 1.807) is 30.3 Å². The minimum Gasteiger partial charge on any atom is -0.381 e. The largest absolute Gasteiger partial charge is 0.381 e. The molecule has 140 valence electrons. The van der Waals surface area contributed by atoms with Crippen molar-refractivity contribution in [2.75, 3.05) is 25.1 Å². The van der Waals surface area contributed by atoms with Gasteiger partial charge in [0.25, 0.3) is 5.91 Å². The van der Waals surface area contributed by atoms with E-state index in [0.29, 0.717) is 43.9 Å². The second-order valence-electron chi connectivity index (χ2n) is 6.56. The van der Waals surface area contributed by atoms with Crippen molar-refractivity contribution in [1.82, 2.24) is 5.32 Å². The van der Waals surface area contributed by atoms with E-state index in [2.05, 4.69) is 17.2 Å². The second kappa shape index (κ2) is 8.64. The van der Waals surface area contributed by atoms with Gasteiger partial charge in [0.15, 0.2) is 0 Å². The summed E-state index contributed by atoms with van der Waals surface area (Å²) in [6.07, 6.45) is 2.83. The predicted octanol–water partition coefficient (Wildman–Crippen LogP) is 3.29. The average molecular weight is 364 g/mol. The van der Waals surface area contributed by atoms with E-state index in [4.69, 9.17) is 4.74 Å². The van der Waals surface area contributed by atoms with E-state index >= 15 is 0 Å². The van der Waals surface area contributed by atoms with Gasteiger partial charge in [0.1, 0.15) is 0 Å². The van der Waals surface area contributed by atoms with Gasteiger partial charge in [-0.05, 0) is 30.5 Å². The van der Waals surface area contributed by atoms with Crippen LogP contribution in [0, 0.1) is 0 Å². The number of ether oxygens (including phenoxy) is 1. The van der Waals surface area contributed by atoms with E-state index in [0.717, 1.165) is 5.56 Å². The summed E-state index contributed by atoms with van der Waals surface area (Å²) in [6.45, 7) is 5.04. The SMILES string of the molecule is C=CCNC(=O)c1ccccc1NC(=O)C1(c2ccccc2)CCOCC1. The van der Waals surface area contributed by atoms with E-state index in [-0.39, 0.29) is 11.8 Å². The number of hydrogen-bond acceptors (Lipinski definition) is 3. The van der Waals surface area contributed by atoms with E-state index < -0.39 is 5.41 Å². The zero-order chi connectivity index (χ0) is 19.1. The van der Waals surface area contributed by atoms with E-state index in [1.807, 2.05) is 30.3 Å². The van der Waals surface area contributed by atoms with Gasteiger partial charge in [-0.3, -0.25) is 9.59 Å². The van der Waals surface area contributed by atoms with Crippen LogP contribution in [0.15, 0.2) is 67.3 Å². The average Bonchev–Trinajstić information content (AvgIpc) is 2.73. The molecule has 2 aromatic rings. The molecule has 0 saturated carbocycles. The summed E-state index contributed by atoms with van der Waals surface area (Å²) in [5.74, 6) is -0.354. The standard InChI is InChI=1S/C22H24N2O3/c1-2-14-23-20(25)18-10-6-7-11-19(18)24-21(26)22(12-15-27-16-13-22)17-8-4-3-5-9-17/h2-11H,1,12-16H2,(H,23,25)(H,24,26). The van der Waals surface area contributed by atoms with Crippen LogP contribution < -0.4 is 10.6 Å². The molecule has 0 spiro atoms. The summed E-state index contributed by atoms with van der Waals surface area (Å²) in [7, 11) is 0. The van der Waals surface area contributed by atoms with Gasteiger partial charge in [-0.25, -0.2) is 0 Å². The summed E-state index contributed by atoms with van der Waals surface area (Å²) < 4.78 is 5.50. The first-order chi connectivity index (χ1) is 13.2. The van der Waals surface area contributed by atoms with Crippen LogP contribution in [0.3, 0.4) is 0 Å². The molecule has 0 bridgehead atoms. The third-order valence-corrected chi connectivity index (χ3v) is 4.93. The molecule has 0 unspecified atom stereocenters. The Hall–Kier alpha value is -2.92. The van der Waals surface area contributed by atoms with Crippen molar-refractivity contribution in [3.63, 3.8) is 0 Å². The molecule has 1 aliphatic rings. The van der Waals surface area contributed by atoms with Gasteiger partial charge in [-0.2, -0.15) is 0 Å². The number of amides is 2. The monoisotopic (exact) mass is 364 g/mol. The fourth-order valence-corrected chi connectivity index (χ4v) is 3.42. The lowest BCUT2D eigenvalue weighted by atomic mass is 9.73. The Labute approximate surface area is 159 Å². The third-order valence-electron chi connectivity index (χ3n) is 4.93. The maximum Gasteiger partial charge on any atom is 0.253 e. The number of hydrogen-bond donors (Lipinski definition) is 2. The fourth-order valence-electron chi connectivity index (χ4n) is 3.42. The molecule has 3 rings (SSSR count). The lowest BCUT2D eigenvalue weighted by Gasteiger charge is -2.36. The molecular weight excluding hydrogens is 340 g/mol. The number of nitrogens with one attached hydrogen (secondary N) is 2. The first-order valence-electron chi connectivity index (χ1n) is 9.10. The number of para-hydroxylation sites is 1. The first kappa shape index (κ1) is 18.9. The van der Waals surface area contributed by atoms with Crippen molar-refractivity contribution in [3.8, 4) is 0 Å². The van der Waals surface area contributed by atoms with Crippen molar-refractivity contribution in [1.29, 1.82) is 0 Å². The Morgan fingerprint density at radius 2 is 1.70 bits per heavy atom. The van der Waals surface area contributed by atoms with Crippen molar-refractivity contribution >= 4 is 17.5 Å². The Kier molecular flexibility index (Phi) is 6.04. The van der Waals surface area contributed by atoms with Crippen molar-refractivity contribution in [2.45, 2.75) is 18.3 Å². The van der Waals surface area contributed by atoms with Crippen LogP contribution in [-0.4, -0.2) is 31.6 Å². The number of anilines is 1. The maximum atomic E-state index is 13.4. The highest BCUT2D eigenvalue weighted by atomic mass is 16.5. The zero-order valence-electron chi connectivity index (χ0n) is 15.2. The van der Waals surface area contributed by atoms with Crippen LogP contribution in [0.5, 0.6) is 0 Å². The van der Waals surface area contributed by atoms with Crippen LogP contribution in [-0.2, 0) is 14.9 Å². The molecular formula is C22H24N2O3. The molecule has 2 N–H and O–H groups in total. The molecule has 1 heterocycles. The highest BCUT2D eigenvalue weighted by Crippen LogP contribution is 2.36. The molecule has 1 aliphatic heterocycles. The molecule has 2 amide bonds. The Bertz CT molecular complexity index is 811. The summed E-state index contributed by atoms with van der Waals surface area (Å²) in [5.41, 5.74) is 1.25. The van der Waals surface area contributed by atoms with Crippen LogP contribution in [0.2, 0.25) is 0 Å². The first-order valence-corrected chi connectivity index (χ1v) is 9.10. The van der Waals surface area contributed by atoms with Gasteiger partial charge in [0.05, 0.1) is 16.7 Å². The molecule has 0 radical (unpaired) electrons. The molecule has 27 heavy (non-hydrogen) atoms. The van der Waals surface area contributed by atoms with Crippen LogP contribution in [0.1, 0.15) is 28.8 Å². The third kappa shape index (κ3) is 4.09. The number of carbonyl (C=O) groups is 2. The summed E-state index contributed by atoms with van der Waals surface area (Å²) in [4.78, 5) is 25.8. The number of rotatable bonds is 6. The van der Waals surface area contributed by atoms with E-state index in [9.17, 15) is 9.59 Å². The van der Waals surface area contributed by atoms with Crippen molar-refractivity contribution < 1.29 is 14.3 Å². The number of benzene rings is 2. The molecule has 5 heteroatoms. The van der Waals surface area contributed by atoms with Crippen molar-refractivity contribution in [2.24, 2.45) is 0 Å². The predicted molar refractivity (Wildman–Crippen MR) is 106 cm³/mol. The second-order valence-corrected chi connectivity index (χ2v) is 6.56. The summed E-state index contributed by atoms with van der Waals surface area (Å²) >= 11 is 0. The molecule has 0 aliphatic carbocycles. The lowest BCUT2D eigenvalue weighted by Crippen LogP contribution is -2.45. The van der Waals surface area contributed by atoms with Crippen LogP contribution in [0.4, 0.5) is 5.69 Å². The Morgan fingerprint density at radius 1 is 1.04 bits per heavy atom. The molecule has 1 fully saturated rings. The Morgan fingerprint density at radius 3 is 2.41 bits per heavy atom. The summed E-state index contributed by atoms with van der Waals surface area (Å²) in [6, 6.07) is 16.8. The van der Waals surface area contributed by atoms with Crippen LogP contribution in [0.25, 0.3) is 0 Å². The number of carbonyl (C=O) groups excluding carboxylic acids is 2. The topological polar surface area (TPSA) is 67.4 Å². The zero-order valence-corrected chi connectivity index (χ0v) is 15.2. The van der Waals surface area contributed by atoms with Gasteiger partial charge in [0, 0.05) is 19.8 Å². The Balaban J connectivity index is 1.89. The minimum atomic E-state index is -0.662. The molecule has 5 nitrogen and oxygen atoms in total. The molecule has 0 aromatic heterocycles. The smallest absolute Gasteiger partial charge is 0.253 e. The highest BCUT2D eigenvalue weighted by molar-refractivity contribution is 6.06. The fraction of sp³-hybridized carbons (Fsp3) is 0.273. The van der Waals surface area contributed by atoms with Gasteiger partial charge in [-0.15, -0.1) is 6.58 Å². The van der Waals surface area contributed by atoms with Gasteiger partial charge < -0.3 is 15.4 Å². The van der Waals surface area contributed by atoms with E-state index in [1.165, 1.54) is 0 Å². The van der Waals surface area contributed by atoms with Crippen molar-refractivity contribution in [3.05, 3.63) is 78.4 Å². The van der Waals surface area contributed by atoms with Gasteiger partial charge in [0.2, 0.25) is 5.91 Å². The van der Waals surface area contributed by atoms with Gasteiger partial charge in [-0.1, -0.05) is 48.5 Å². The molecule has 2 aromatic carbocycles. The normalized spacial score (nSPS) is 15.6.